The van der Waals surface area contributed by atoms with Gasteiger partial charge in [0, 0.05) is 24.9 Å². The Morgan fingerprint density at radius 2 is 1.79 bits per heavy atom. The van der Waals surface area contributed by atoms with E-state index in [1.165, 1.54) is 23.3 Å². The number of thiophene rings is 1. The van der Waals surface area contributed by atoms with E-state index in [0.717, 1.165) is 21.2 Å². The standard InChI is InChI=1S/C25H29N3O4S/c1-16(29)15-27-24(31)22(14-20-8-5-11-33-20)28(2)25(32)21(23(26)30)13-17-9-10-18-6-3-4-7-19(18)12-17/h3-12,16,21-22,29H,13-15H2,1-2H3,(H2,26,30)(H,27,31)/t16-,21+,22+/m0/s1. The van der Waals surface area contributed by atoms with E-state index in [0.29, 0.717) is 6.42 Å². The SMILES string of the molecule is C[C@H](O)CNC(=O)[C@@H](Cc1cccs1)N(C)C(=O)[C@H](Cc1ccc2ccccc2c1)C(N)=O. The van der Waals surface area contributed by atoms with Crippen molar-refractivity contribution in [1.29, 1.82) is 0 Å². The highest BCUT2D eigenvalue weighted by molar-refractivity contribution is 7.09. The fraction of sp³-hybridized carbons (Fsp3) is 0.320. The molecule has 3 atom stereocenters. The van der Waals surface area contributed by atoms with E-state index in [2.05, 4.69) is 5.32 Å². The minimum atomic E-state index is -1.11. The van der Waals surface area contributed by atoms with E-state index in [1.807, 2.05) is 60.0 Å². The molecule has 0 saturated heterocycles. The van der Waals surface area contributed by atoms with E-state index in [1.54, 1.807) is 6.92 Å². The van der Waals surface area contributed by atoms with Crippen LogP contribution in [0.25, 0.3) is 10.8 Å². The molecule has 0 fully saturated rings. The number of aliphatic hydroxyl groups excluding tert-OH is 1. The molecule has 0 saturated carbocycles. The molecule has 0 spiro atoms. The van der Waals surface area contributed by atoms with E-state index >= 15 is 0 Å². The third kappa shape index (κ3) is 6.40. The summed E-state index contributed by atoms with van der Waals surface area (Å²) in [6.07, 6.45) is -0.277. The van der Waals surface area contributed by atoms with Crippen molar-refractivity contribution in [3.05, 3.63) is 70.4 Å². The van der Waals surface area contributed by atoms with Gasteiger partial charge in [-0.05, 0) is 41.1 Å². The van der Waals surface area contributed by atoms with Gasteiger partial charge in [-0.25, -0.2) is 0 Å². The molecule has 3 rings (SSSR count). The molecular formula is C25H29N3O4S. The van der Waals surface area contributed by atoms with Gasteiger partial charge in [-0.15, -0.1) is 11.3 Å². The van der Waals surface area contributed by atoms with Crippen molar-refractivity contribution in [2.24, 2.45) is 11.7 Å². The number of hydrogen-bond donors (Lipinski definition) is 3. The molecule has 7 nitrogen and oxygen atoms in total. The molecule has 33 heavy (non-hydrogen) atoms. The van der Waals surface area contributed by atoms with Gasteiger partial charge in [-0.3, -0.25) is 14.4 Å². The molecule has 0 aliphatic rings. The molecule has 3 amide bonds. The van der Waals surface area contributed by atoms with Crippen LogP contribution in [0.3, 0.4) is 0 Å². The predicted molar refractivity (Wildman–Crippen MR) is 130 cm³/mol. The zero-order valence-corrected chi connectivity index (χ0v) is 19.5. The third-order valence-corrected chi connectivity index (χ3v) is 6.46. The fourth-order valence-electron chi connectivity index (χ4n) is 3.70. The number of nitrogens with one attached hydrogen (secondary N) is 1. The first kappa shape index (κ1) is 24.4. The summed E-state index contributed by atoms with van der Waals surface area (Å²) in [4.78, 5) is 40.8. The van der Waals surface area contributed by atoms with Gasteiger partial charge in [0.1, 0.15) is 12.0 Å². The Labute approximate surface area is 197 Å². The number of nitrogens with two attached hydrogens (primary N) is 1. The lowest BCUT2D eigenvalue weighted by Crippen LogP contribution is -2.53. The average molecular weight is 468 g/mol. The van der Waals surface area contributed by atoms with Gasteiger partial charge >= 0.3 is 0 Å². The molecule has 0 aliphatic carbocycles. The van der Waals surface area contributed by atoms with Crippen LogP contribution in [0.5, 0.6) is 0 Å². The van der Waals surface area contributed by atoms with Crippen LogP contribution in [0.2, 0.25) is 0 Å². The molecule has 0 bridgehead atoms. The maximum Gasteiger partial charge on any atom is 0.243 e. The number of carbonyl (C=O) groups excluding carboxylic acids is 3. The van der Waals surface area contributed by atoms with Crippen molar-refractivity contribution in [2.45, 2.75) is 31.9 Å². The first-order chi connectivity index (χ1) is 15.8. The molecule has 2 aromatic carbocycles. The summed E-state index contributed by atoms with van der Waals surface area (Å²) in [7, 11) is 1.51. The highest BCUT2D eigenvalue weighted by Crippen LogP contribution is 2.21. The molecule has 0 unspecified atom stereocenters. The lowest BCUT2D eigenvalue weighted by molar-refractivity contribution is -0.145. The Morgan fingerprint density at radius 1 is 1.06 bits per heavy atom. The molecular weight excluding hydrogens is 438 g/mol. The van der Waals surface area contributed by atoms with Gasteiger partial charge in [-0.1, -0.05) is 48.5 Å². The molecule has 8 heteroatoms. The number of carbonyl (C=O) groups is 3. The summed E-state index contributed by atoms with van der Waals surface area (Å²) in [6, 6.07) is 16.5. The molecule has 4 N–H and O–H groups in total. The summed E-state index contributed by atoms with van der Waals surface area (Å²) in [5.74, 6) is -2.75. The number of benzene rings is 2. The second-order valence-corrected chi connectivity index (χ2v) is 9.22. The fourth-order valence-corrected chi connectivity index (χ4v) is 4.44. The predicted octanol–water partition coefficient (Wildman–Crippen LogP) is 2.11. The van der Waals surface area contributed by atoms with E-state index < -0.39 is 35.8 Å². The zero-order chi connectivity index (χ0) is 24.0. The van der Waals surface area contributed by atoms with Crippen molar-refractivity contribution >= 4 is 39.8 Å². The highest BCUT2D eigenvalue weighted by atomic mass is 32.1. The number of amides is 3. The van der Waals surface area contributed by atoms with Crippen molar-refractivity contribution in [3.8, 4) is 0 Å². The topological polar surface area (TPSA) is 113 Å². The van der Waals surface area contributed by atoms with Gasteiger partial charge in [0.25, 0.3) is 0 Å². The van der Waals surface area contributed by atoms with Gasteiger partial charge < -0.3 is 21.1 Å². The number of aliphatic hydroxyl groups is 1. The van der Waals surface area contributed by atoms with Crippen LogP contribution < -0.4 is 11.1 Å². The molecule has 0 aliphatic heterocycles. The maximum atomic E-state index is 13.4. The summed E-state index contributed by atoms with van der Waals surface area (Å²) in [6.45, 7) is 1.63. The van der Waals surface area contributed by atoms with Crippen molar-refractivity contribution in [3.63, 3.8) is 0 Å². The van der Waals surface area contributed by atoms with E-state index in [9.17, 15) is 19.5 Å². The largest absolute Gasteiger partial charge is 0.392 e. The molecule has 174 valence electrons. The number of nitrogens with zero attached hydrogens (tertiary/aromatic N) is 1. The zero-order valence-electron chi connectivity index (χ0n) is 18.7. The van der Waals surface area contributed by atoms with Gasteiger partial charge in [-0.2, -0.15) is 0 Å². The highest BCUT2D eigenvalue weighted by Gasteiger charge is 2.34. The average Bonchev–Trinajstić information content (AvgIpc) is 3.31. The Hall–Kier alpha value is -3.23. The van der Waals surface area contributed by atoms with E-state index in [-0.39, 0.29) is 13.0 Å². The van der Waals surface area contributed by atoms with Gasteiger partial charge in [0.05, 0.1) is 6.10 Å². The van der Waals surface area contributed by atoms with Crippen LogP contribution in [0.15, 0.2) is 60.0 Å². The monoisotopic (exact) mass is 467 g/mol. The van der Waals surface area contributed by atoms with Crippen LogP contribution >= 0.6 is 11.3 Å². The first-order valence-corrected chi connectivity index (χ1v) is 11.7. The van der Waals surface area contributed by atoms with Gasteiger partial charge in [0.15, 0.2) is 0 Å². The van der Waals surface area contributed by atoms with Crippen LogP contribution in [-0.4, -0.2) is 53.5 Å². The first-order valence-electron chi connectivity index (χ1n) is 10.8. The number of rotatable bonds is 10. The van der Waals surface area contributed by atoms with E-state index in [4.69, 9.17) is 5.73 Å². The van der Waals surface area contributed by atoms with Crippen LogP contribution in [0, 0.1) is 5.92 Å². The smallest absolute Gasteiger partial charge is 0.243 e. The lowest BCUT2D eigenvalue weighted by atomic mass is 9.94. The second kappa shape index (κ2) is 11.1. The summed E-state index contributed by atoms with van der Waals surface area (Å²) < 4.78 is 0. The van der Waals surface area contributed by atoms with Crippen molar-refractivity contribution < 1.29 is 19.5 Å². The number of hydrogen-bond acceptors (Lipinski definition) is 5. The van der Waals surface area contributed by atoms with Crippen molar-refractivity contribution in [1.82, 2.24) is 10.2 Å². The molecule has 0 radical (unpaired) electrons. The summed E-state index contributed by atoms with van der Waals surface area (Å²) in [5.41, 5.74) is 6.44. The minimum absolute atomic E-state index is 0.0676. The normalized spacial score (nSPS) is 13.8. The maximum absolute atomic E-state index is 13.4. The number of likely N-dealkylation sites (N-methyl/N-ethyl adjacent to an activating group) is 1. The lowest BCUT2D eigenvalue weighted by Gasteiger charge is -2.30. The minimum Gasteiger partial charge on any atom is -0.392 e. The quantitative estimate of drug-likeness (QED) is 0.396. The van der Waals surface area contributed by atoms with Crippen LogP contribution in [0.4, 0.5) is 0 Å². The summed E-state index contributed by atoms with van der Waals surface area (Å²) >= 11 is 1.48. The molecule has 1 heterocycles. The third-order valence-electron chi connectivity index (χ3n) is 5.56. The molecule has 1 aromatic heterocycles. The number of primary amides is 1. The Kier molecular flexibility index (Phi) is 8.19. The second-order valence-electron chi connectivity index (χ2n) is 8.18. The van der Waals surface area contributed by atoms with Crippen LogP contribution in [0.1, 0.15) is 17.4 Å². The Bertz CT molecular complexity index is 1110. The summed E-state index contributed by atoms with van der Waals surface area (Å²) in [5, 5.41) is 16.2. The van der Waals surface area contributed by atoms with Crippen molar-refractivity contribution in [2.75, 3.05) is 13.6 Å². The Morgan fingerprint density at radius 3 is 2.42 bits per heavy atom. The Balaban J connectivity index is 1.82. The van der Waals surface area contributed by atoms with Gasteiger partial charge in [0.2, 0.25) is 17.7 Å². The molecule has 3 aromatic rings. The van der Waals surface area contributed by atoms with Crippen LogP contribution in [-0.2, 0) is 27.2 Å². The number of fused-ring (bicyclic) bond motifs is 1.